The third-order valence-electron chi connectivity index (χ3n) is 1.25. The Bertz CT molecular complexity index is 276. The van der Waals surface area contributed by atoms with E-state index in [0.717, 1.165) is 13.2 Å². The topological polar surface area (TPSA) is 93.1 Å². The molecule has 0 saturated carbocycles. The molecule has 82 valence electrons. The van der Waals surface area contributed by atoms with Gasteiger partial charge in [-0.15, -0.1) is 0 Å². The smallest absolute Gasteiger partial charge is 0.466 e. The van der Waals surface area contributed by atoms with Crippen LogP contribution >= 0.6 is 7.82 Å². The van der Waals surface area contributed by atoms with E-state index >= 15 is 0 Å². The van der Waals surface area contributed by atoms with Crippen LogP contribution < -0.4 is 0 Å². The van der Waals surface area contributed by atoms with E-state index < -0.39 is 13.8 Å². The minimum absolute atomic E-state index is 0.106. The Hall–Kier alpha value is -0.840. The van der Waals surface area contributed by atoms with E-state index in [2.05, 4.69) is 9.26 Å². The van der Waals surface area contributed by atoms with E-state index in [9.17, 15) is 9.36 Å². The third kappa shape index (κ3) is 5.75. The van der Waals surface area contributed by atoms with Crippen LogP contribution in [0.4, 0.5) is 0 Å². The first-order valence-corrected chi connectivity index (χ1v) is 5.34. The van der Waals surface area contributed by atoms with E-state index in [1.54, 1.807) is 13.8 Å². The van der Waals surface area contributed by atoms with E-state index in [1.165, 1.54) is 0 Å². The first-order valence-electron chi connectivity index (χ1n) is 3.81. The minimum atomic E-state index is -4.62. The SMILES string of the molecule is COC(=O)C=C(OP(=O)(O)O)C(C)C. The zero-order chi connectivity index (χ0) is 11.4. The van der Waals surface area contributed by atoms with Gasteiger partial charge in [-0.3, -0.25) is 9.79 Å². The molecule has 0 saturated heterocycles. The highest BCUT2D eigenvalue weighted by atomic mass is 31.2. The van der Waals surface area contributed by atoms with Crippen molar-refractivity contribution >= 4 is 13.8 Å². The molecule has 0 aromatic heterocycles. The lowest BCUT2D eigenvalue weighted by molar-refractivity contribution is -0.135. The molecule has 0 aliphatic heterocycles. The molecule has 0 aromatic carbocycles. The van der Waals surface area contributed by atoms with Crippen molar-refractivity contribution in [3.63, 3.8) is 0 Å². The fourth-order valence-electron chi connectivity index (χ4n) is 0.611. The highest BCUT2D eigenvalue weighted by Crippen LogP contribution is 2.40. The van der Waals surface area contributed by atoms with Gasteiger partial charge in [-0.1, -0.05) is 13.8 Å². The highest BCUT2D eigenvalue weighted by Gasteiger charge is 2.20. The summed E-state index contributed by atoms with van der Waals surface area (Å²) in [6, 6.07) is 0. The van der Waals surface area contributed by atoms with Crippen LogP contribution in [0.1, 0.15) is 13.8 Å². The number of hydrogen-bond donors (Lipinski definition) is 2. The monoisotopic (exact) mass is 224 g/mol. The lowest BCUT2D eigenvalue weighted by atomic mass is 10.2. The summed E-state index contributed by atoms with van der Waals surface area (Å²) in [4.78, 5) is 27.8. The maximum absolute atomic E-state index is 10.8. The molecular weight excluding hydrogens is 211 g/mol. The second-order valence-electron chi connectivity index (χ2n) is 2.81. The van der Waals surface area contributed by atoms with E-state index in [0.29, 0.717) is 0 Å². The summed E-state index contributed by atoms with van der Waals surface area (Å²) >= 11 is 0. The number of phosphoric ester groups is 1. The van der Waals surface area contributed by atoms with Crippen LogP contribution in [-0.2, 0) is 18.6 Å². The maximum atomic E-state index is 10.8. The van der Waals surface area contributed by atoms with E-state index in [4.69, 9.17) is 9.79 Å². The largest absolute Gasteiger partial charge is 0.524 e. The molecule has 2 N–H and O–H groups in total. The van der Waals surface area contributed by atoms with Crippen LogP contribution in [0.25, 0.3) is 0 Å². The van der Waals surface area contributed by atoms with E-state index in [1.807, 2.05) is 0 Å². The van der Waals surface area contributed by atoms with Crippen molar-refractivity contribution in [2.45, 2.75) is 13.8 Å². The van der Waals surface area contributed by atoms with Crippen LogP contribution in [0.2, 0.25) is 0 Å². The lowest BCUT2D eigenvalue weighted by Crippen LogP contribution is -2.04. The normalized spacial score (nSPS) is 12.9. The van der Waals surface area contributed by atoms with Gasteiger partial charge in [0.05, 0.1) is 13.2 Å². The summed E-state index contributed by atoms with van der Waals surface area (Å²) in [5.41, 5.74) is 0. The first-order chi connectivity index (χ1) is 6.26. The van der Waals surface area contributed by atoms with Crippen molar-refractivity contribution in [1.82, 2.24) is 0 Å². The van der Waals surface area contributed by atoms with Crippen LogP contribution in [0, 0.1) is 5.92 Å². The summed E-state index contributed by atoms with van der Waals surface area (Å²) in [7, 11) is -3.46. The quantitative estimate of drug-likeness (QED) is 0.317. The van der Waals surface area contributed by atoms with Gasteiger partial charge in [0.15, 0.2) is 0 Å². The predicted molar refractivity (Wildman–Crippen MR) is 48.1 cm³/mol. The summed E-state index contributed by atoms with van der Waals surface area (Å²) in [5.74, 6) is -1.14. The molecular formula is C7H13O6P. The minimum Gasteiger partial charge on any atom is -0.466 e. The summed E-state index contributed by atoms with van der Waals surface area (Å²) < 4.78 is 19.1. The van der Waals surface area contributed by atoms with Gasteiger partial charge in [-0.05, 0) is 0 Å². The lowest BCUT2D eigenvalue weighted by Gasteiger charge is -2.13. The van der Waals surface area contributed by atoms with Crippen molar-refractivity contribution in [1.29, 1.82) is 0 Å². The summed E-state index contributed by atoms with van der Waals surface area (Å²) in [5, 5.41) is 0. The predicted octanol–water partition coefficient (Wildman–Crippen LogP) is 0.809. The maximum Gasteiger partial charge on any atom is 0.524 e. The van der Waals surface area contributed by atoms with Gasteiger partial charge in [-0.25, -0.2) is 9.36 Å². The van der Waals surface area contributed by atoms with Gasteiger partial charge >= 0.3 is 13.8 Å². The summed E-state index contributed by atoms with van der Waals surface area (Å²) in [6.07, 6.45) is 0.907. The Labute approximate surface area is 81.8 Å². The third-order valence-corrected chi connectivity index (χ3v) is 1.70. The molecule has 0 amide bonds. The second-order valence-corrected chi connectivity index (χ2v) is 3.97. The Kier molecular flexibility index (Phi) is 4.83. The van der Waals surface area contributed by atoms with Gasteiger partial charge in [0.25, 0.3) is 0 Å². The van der Waals surface area contributed by atoms with Crippen molar-refractivity contribution < 1.29 is 28.4 Å². The number of phosphoric acid groups is 1. The number of rotatable bonds is 4. The number of esters is 1. The molecule has 6 nitrogen and oxygen atoms in total. The molecule has 0 spiro atoms. The van der Waals surface area contributed by atoms with Crippen molar-refractivity contribution in [2.24, 2.45) is 5.92 Å². The highest BCUT2D eigenvalue weighted by molar-refractivity contribution is 7.46. The van der Waals surface area contributed by atoms with Gasteiger partial charge < -0.3 is 9.26 Å². The second kappa shape index (κ2) is 5.14. The van der Waals surface area contributed by atoms with Crippen molar-refractivity contribution in [3.05, 3.63) is 11.8 Å². The van der Waals surface area contributed by atoms with E-state index in [-0.39, 0.29) is 11.7 Å². The zero-order valence-corrected chi connectivity index (χ0v) is 9.02. The van der Waals surface area contributed by atoms with Crippen LogP contribution in [-0.4, -0.2) is 22.9 Å². The van der Waals surface area contributed by atoms with Crippen LogP contribution in [0.3, 0.4) is 0 Å². The molecule has 0 atom stereocenters. The van der Waals surface area contributed by atoms with Gasteiger partial charge in [0, 0.05) is 5.92 Å². The van der Waals surface area contributed by atoms with Gasteiger partial charge in [0.1, 0.15) is 5.76 Å². The Morgan fingerprint density at radius 3 is 2.21 bits per heavy atom. The number of allylic oxidation sites excluding steroid dienone is 1. The first kappa shape index (κ1) is 13.2. The Morgan fingerprint density at radius 2 is 1.93 bits per heavy atom. The fourth-order valence-corrected chi connectivity index (χ4v) is 1.15. The van der Waals surface area contributed by atoms with Gasteiger partial charge in [0.2, 0.25) is 0 Å². The van der Waals surface area contributed by atoms with Gasteiger partial charge in [-0.2, -0.15) is 0 Å². The average Bonchev–Trinajstić information content (AvgIpc) is 2.00. The number of carbonyl (C=O) groups is 1. The average molecular weight is 224 g/mol. The molecule has 0 bridgehead atoms. The molecule has 0 aliphatic carbocycles. The molecule has 7 heteroatoms. The number of hydrogen-bond acceptors (Lipinski definition) is 4. The molecule has 0 unspecified atom stereocenters. The zero-order valence-electron chi connectivity index (χ0n) is 8.13. The summed E-state index contributed by atoms with van der Waals surface area (Å²) in [6.45, 7) is 3.26. The molecule has 0 fully saturated rings. The number of carbonyl (C=O) groups excluding carboxylic acids is 1. The molecule has 0 heterocycles. The molecule has 14 heavy (non-hydrogen) atoms. The Morgan fingerprint density at radius 1 is 1.43 bits per heavy atom. The standard InChI is InChI=1S/C7H13O6P/c1-5(2)6(4-7(8)12-3)13-14(9,10)11/h4-5H,1-3H3,(H2,9,10,11). The molecule has 0 aromatic rings. The molecule has 0 aliphatic rings. The number of methoxy groups -OCH3 is 1. The Balaban J connectivity index is 4.70. The van der Waals surface area contributed by atoms with Crippen LogP contribution in [0.5, 0.6) is 0 Å². The molecule has 0 rings (SSSR count). The van der Waals surface area contributed by atoms with Crippen molar-refractivity contribution in [3.8, 4) is 0 Å². The van der Waals surface area contributed by atoms with Crippen LogP contribution in [0.15, 0.2) is 11.8 Å². The number of ether oxygens (including phenoxy) is 1. The molecule has 0 radical (unpaired) electrons. The fraction of sp³-hybridized carbons (Fsp3) is 0.571. The van der Waals surface area contributed by atoms with Crippen molar-refractivity contribution in [2.75, 3.05) is 7.11 Å².